The van der Waals surface area contributed by atoms with Crippen LogP contribution in [0.2, 0.25) is 0 Å². The number of benzene rings is 2. The summed E-state index contributed by atoms with van der Waals surface area (Å²) in [5.74, 6) is -0.920. The minimum atomic E-state index is -1.39. The van der Waals surface area contributed by atoms with Crippen LogP contribution in [0.4, 0.5) is 10.5 Å². The van der Waals surface area contributed by atoms with Crippen molar-refractivity contribution in [1.29, 1.82) is 0 Å². The molecule has 1 aliphatic heterocycles. The maximum absolute atomic E-state index is 12.9. The third kappa shape index (κ3) is 3.87. The summed E-state index contributed by atoms with van der Waals surface area (Å²) in [6.07, 6.45) is 1.91. The monoisotopic (exact) mass is 395 g/mol. The zero-order valence-corrected chi connectivity index (χ0v) is 16.2. The summed E-state index contributed by atoms with van der Waals surface area (Å²) in [6, 6.07) is 11.8. The standard InChI is InChI=1S/C21H21N3O5/c1-3-4-14-5-7-15(8-6-14)18(25)13-23-19(26)21(2,22-20(23)27)16-9-11-17(12-10-16)24(28)29/h5-12H,3-4,13H2,1-2H3,(H,22,27)/t21-/m0/s1. The molecule has 2 aromatic carbocycles. The van der Waals surface area contributed by atoms with E-state index >= 15 is 0 Å². The molecule has 29 heavy (non-hydrogen) atoms. The summed E-state index contributed by atoms with van der Waals surface area (Å²) in [7, 11) is 0. The van der Waals surface area contributed by atoms with Gasteiger partial charge in [-0.25, -0.2) is 4.79 Å². The van der Waals surface area contributed by atoms with Gasteiger partial charge in [-0.1, -0.05) is 37.6 Å². The molecule has 8 heteroatoms. The second-order valence-electron chi connectivity index (χ2n) is 7.12. The molecular weight excluding hydrogens is 374 g/mol. The molecule has 0 unspecified atom stereocenters. The fourth-order valence-electron chi connectivity index (χ4n) is 3.33. The minimum absolute atomic E-state index is 0.118. The Morgan fingerprint density at radius 2 is 1.72 bits per heavy atom. The van der Waals surface area contributed by atoms with Crippen LogP contribution in [0, 0.1) is 10.1 Å². The topological polar surface area (TPSA) is 110 Å². The van der Waals surface area contributed by atoms with Crippen LogP contribution in [0.25, 0.3) is 0 Å². The number of carbonyl (C=O) groups excluding carboxylic acids is 3. The molecule has 3 amide bonds. The van der Waals surface area contributed by atoms with Gasteiger partial charge in [-0.05, 0) is 36.6 Å². The van der Waals surface area contributed by atoms with Gasteiger partial charge in [0.2, 0.25) is 0 Å². The predicted octanol–water partition coefficient (Wildman–Crippen LogP) is 3.20. The fourth-order valence-corrected chi connectivity index (χ4v) is 3.33. The lowest BCUT2D eigenvalue weighted by Crippen LogP contribution is -2.41. The molecule has 0 radical (unpaired) electrons. The molecule has 0 saturated carbocycles. The number of Topliss-reactive ketones (excluding diaryl/α,β-unsaturated/α-hetero) is 1. The number of carbonyl (C=O) groups is 3. The van der Waals surface area contributed by atoms with Crippen LogP contribution in [0.1, 0.15) is 41.8 Å². The van der Waals surface area contributed by atoms with E-state index in [0.29, 0.717) is 11.1 Å². The molecule has 0 aliphatic carbocycles. The van der Waals surface area contributed by atoms with Crippen molar-refractivity contribution in [2.24, 2.45) is 0 Å². The second-order valence-corrected chi connectivity index (χ2v) is 7.12. The molecule has 1 aliphatic rings. The highest BCUT2D eigenvalue weighted by Gasteiger charge is 2.49. The van der Waals surface area contributed by atoms with Gasteiger partial charge in [0.15, 0.2) is 5.78 Å². The molecule has 8 nitrogen and oxygen atoms in total. The third-order valence-corrected chi connectivity index (χ3v) is 5.05. The average molecular weight is 395 g/mol. The van der Waals surface area contributed by atoms with E-state index in [2.05, 4.69) is 12.2 Å². The molecule has 1 saturated heterocycles. The van der Waals surface area contributed by atoms with Crippen molar-refractivity contribution < 1.29 is 19.3 Å². The maximum atomic E-state index is 12.9. The van der Waals surface area contributed by atoms with Gasteiger partial charge in [0, 0.05) is 17.7 Å². The van der Waals surface area contributed by atoms with Crippen LogP contribution in [0.3, 0.4) is 0 Å². The number of rotatable bonds is 7. The number of hydrogen-bond donors (Lipinski definition) is 1. The minimum Gasteiger partial charge on any atom is -0.319 e. The zero-order valence-electron chi connectivity index (χ0n) is 16.2. The Labute approximate surface area is 167 Å². The van der Waals surface area contributed by atoms with Gasteiger partial charge in [-0.2, -0.15) is 0 Å². The first-order valence-corrected chi connectivity index (χ1v) is 9.27. The quantitative estimate of drug-likeness (QED) is 0.335. The van der Waals surface area contributed by atoms with Gasteiger partial charge in [-0.15, -0.1) is 0 Å². The molecule has 3 rings (SSSR count). The smallest absolute Gasteiger partial charge is 0.319 e. The molecule has 0 spiro atoms. The number of ketones is 1. The predicted molar refractivity (Wildman–Crippen MR) is 105 cm³/mol. The lowest BCUT2D eigenvalue weighted by atomic mass is 9.92. The molecule has 1 atom stereocenters. The van der Waals surface area contributed by atoms with Gasteiger partial charge in [0.1, 0.15) is 5.54 Å². The van der Waals surface area contributed by atoms with Crippen molar-refractivity contribution in [3.05, 3.63) is 75.3 Å². The molecule has 1 fully saturated rings. The number of amides is 3. The van der Waals surface area contributed by atoms with Gasteiger partial charge >= 0.3 is 6.03 Å². The van der Waals surface area contributed by atoms with Crippen molar-refractivity contribution in [2.75, 3.05) is 6.54 Å². The van der Waals surface area contributed by atoms with Gasteiger partial charge in [0.05, 0.1) is 11.5 Å². The van der Waals surface area contributed by atoms with E-state index in [0.717, 1.165) is 23.3 Å². The SMILES string of the molecule is CCCc1ccc(C(=O)CN2C(=O)N[C@@](C)(c3ccc([N+](=O)[O-])cc3)C2=O)cc1. The zero-order chi connectivity index (χ0) is 21.2. The van der Waals surface area contributed by atoms with Crippen molar-refractivity contribution in [3.8, 4) is 0 Å². The molecule has 150 valence electrons. The lowest BCUT2D eigenvalue weighted by molar-refractivity contribution is -0.384. The van der Waals surface area contributed by atoms with Crippen molar-refractivity contribution >= 4 is 23.4 Å². The number of urea groups is 1. The molecule has 0 bridgehead atoms. The van der Waals surface area contributed by atoms with Gasteiger partial charge in [0.25, 0.3) is 11.6 Å². The van der Waals surface area contributed by atoms with Crippen LogP contribution < -0.4 is 5.32 Å². The lowest BCUT2D eigenvalue weighted by Gasteiger charge is -2.22. The van der Waals surface area contributed by atoms with Crippen molar-refractivity contribution in [1.82, 2.24) is 10.2 Å². The number of imide groups is 1. The van der Waals surface area contributed by atoms with Crippen LogP contribution in [0.5, 0.6) is 0 Å². The largest absolute Gasteiger partial charge is 0.325 e. The van der Waals surface area contributed by atoms with Crippen LogP contribution >= 0.6 is 0 Å². The van der Waals surface area contributed by atoms with E-state index in [-0.39, 0.29) is 18.0 Å². The van der Waals surface area contributed by atoms with Crippen molar-refractivity contribution in [3.63, 3.8) is 0 Å². The van der Waals surface area contributed by atoms with Gasteiger partial charge in [-0.3, -0.25) is 24.6 Å². The highest BCUT2D eigenvalue weighted by atomic mass is 16.6. The number of non-ortho nitro benzene ring substituents is 1. The Kier molecular flexibility index (Phi) is 5.45. The molecule has 0 aromatic heterocycles. The van der Waals surface area contributed by atoms with Crippen LogP contribution in [0.15, 0.2) is 48.5 Å². The van der Waals surface area contributed by atoms with E-state index in [1.807, 2.05) is 12.1 Å². The first-order valence-electron chi connectivity index (χ1n) is 9.27. The van der Waals surface area contributed by atoms with E-state index in [1.165, 1.54) is 31.2 Å². The summed E-state index contributed by atoms with van der Waals surface area (Å²) >= 11 is 0. The summed E-state index contributed by atoms with van der Waals surface area (Å²) in [4.78, 5) is 49.0. The van der Waals surface area contributed by atoms with Crippen LogP contribution in [-0.4, -0.2) is 34.1 Å². The highest BCUT2D eigenvalue weighted by molar-refractivity contribution is 6.11. The third-order valence-electron chi connectivity index (χ3n) is 5.05. The summed E-state index contributed by atoms with van der Waals surface area (Å²) in [5.41, 5.74) is 0.435. The summed E-state index contributed by atoms with van der Waals surface area (Å²) < 4.78 is 0. The Bertz CT molecular complexity index is 969. The molecule has 2 aromatic rings. The summed E-state index contributed by atoms with van der Waals surface area (Å²) in [5, 5.41) is 13.4. The number of nitro benzene ring substituents is 1. The van der Waals surface area contributed by atoms with E-state index in [9.17, 15) is 24.5 Å². The molecular formula is C21H21N3O5. The number of nitro groups is 1. The Morgan fingerprint density at radius 1 is 1.10 bits per heavy atom. The normalized spacial score (nSPS) is 18.6. The number of aryl methyl sites for hydroxylation is 1. The Balaban J connectivity index is 1.77. The average Bonchev–Trinajstić information content (AvgIpc) is 2.93. The Morgan fingerprint density at radius 3 is 2.28 bits per heavy atom. The van der Waals surface area contributed by atoms with Crippen LogP contribution in [-0.2, 0) is 16.8 Å². The van der Waals surface area contributed by atoms with Crippen molar-refractivity contribution in [2.45, 2.75) is 32.2 Å². The second kappa shape index (κ2) is 7.83. The highest BCUT2D eigenvalue weighted by Crippen LogP contribution is 2.30. The first kappa shape index (κ1) is 20.2. The van der Waals surface area contributed by atoms with E-state index in [1.54, 1.807) is 12.1 Å². The fraction of sp³-hybridized carbons (Fsp3) is 0.286. The Hall–Kier alpha value is -3.55. The molecule has 1 N–H and O–H groups in total. The number of hydrogen-bond acceptors (Lipinski definition) is 5. The van der Waals surface area contributed by atoms with E-state index in [4.69, 9.17) is 0 Å². The molecule has 1 heterocycles. The van der Waals surface area contributed by atoms with E-state index < -0.39 is 22.4 Å². The number of nitrogens with one attached hydrogen (secondary N) is 1. The number of nitrogens with zero attached hydrogens (tertiary/aromatic N) is 2. The summed E-state index contributed by atoms with van der Waals surface area (Å²) in [6.45, 7) is 3.21. The first-order chi connectivity index (χ1) is 13.8. The van der Waals surface area contributed by atoms with Gasteiger partial charge < -0.3 is 5.32 Å². The maximum Gasteiger partial charge on any atom is 0.325 e.